The van der Waals surface area contributed by atoms with Crippen LogP contribution < -0.4 is 5.32 Å². The van der Waals surface area contributed by atoms with Crippen LogP contribution in [0.5, 0.6) is 0 Å². The monoisotopic (exact) mass is 326 g/mol. The first kappa shape index (κ1) is 14.4. The fraction of sp³-hybridized carbons (Fsp3) is 0.429. The summed E-state index contributed by atoms with van der Waals surface area (Å²) in [4.78, 5) is 2.14. The van der Waals surface area contributed by atoms with Gasteiger partial charge in [-0.15, -0.1) is 0 Å². The summed E-state index contributed by atoms with van der Waals surface area (Å²) in [5, 5.41) is 3.47. The Kier molecular flexibility index (Phi) is 4.85. The minimum Gasteiger partial charge on any atom is -0.468 e. The van der Waals surface area contributed by atoms with Crippen LogP contribution in [0.4, 0.5) is 0 Å². The minimum absolute atomic E-state index is 0.156. The normalized spacial score (nSPS) is 14.8. The van der Waals surface area contributed by atoms with Gasteiger partial charge >= 0.3 is 0 Å². The lowest BCUT2D eigenvalue weighted by Crippen LogP contribution is -2.32. The highest BCUT2D eigenvalue weighted by atomic mass is 79.9. The van der Waals surface area contributed by atoms with E-state index in [2.05, 4.69) is 33.1 Å². The van der Waals surface area contributed by atoms with Crippen LogP contribution in [0, 0.1) is 0 Å². The van der Waals surface area contributed by atoms with Gasteiger partial charge in [0.15, 0.2) is 4.67 Å². The average Bonchev–Trinajstić information content (AvgIpc) is 3.00. The molecule has 2 atom stereocenters. The molecule has 0 aliphatic carbocycles. The molecule has 0 aliphatic heterocycles. The Morgan fingerprint density at radius 1 is 1.26 bits per heavy atom. The molecule has 0 radical (unpaired) electrons. The van der Waals surface area contributed by atoms with Gasteiger partial charge in [0.05, 0.1) is 18.3 Å². The Hall–Kier alpha value is -1.04. The summed E-state index contributed by atoms with van der Waals surface area (Å²) >= 11 is 3.32. The van der Waals surface area contributed by atoms with E-state index in [9.17, 15) is 0 Å². The lowest BCUT2D eigenvalue weighted by atomic mass is 10.2. The molecule has 1 N–H and O–H groups in total. The van der Waals surface area contributed by atoms with E-state index < -0.39 is 0 Å². The highest BCUT2D eigenvalue weighted by Crippen LogP contribution is 2.22. The number of nitrogens with zero attached hydrogens (tertiary/aromatic N) is 1. The standard InChI is InChI=1S/C14H19BrN2O2/c1-10(12-6-7-14(15)19-12)16-9-11(17(2)3)13-5-4-8-18-13/h4-8,10-11,16H,9H2,1-3H3. The third kappa shape index (κ3) is 3.72. The van der Waals surface area contributed by atoms with Crippen LogP contribution in [0.15, 0.2) is 44.0 Å². The zero-order chi connectivity index (χ0) is 13.8. The first-order valence-corrected chi connectivity index (χ1v) is 7.05. The molecule has 2 aromatic heterocycles. The number of hydrogen-bond donors (Lipinski definition) is 1. The van der Waals surface area contributed by atoms with E-state index in [0.717, 1.165) is 22.7 Å². The SMILES string of the molecule is CC(NCC(c1ccco1)N(C)C)c1ccc(Br)o1. The predicted molar refractivity (Wildman–Crippen MR) is 78.0 cm³/mol. The molecule has 0 aromatic carbocycles. The van der Waals surface area contributed by atoms with Crippen LogP contribution in [0.3, 0.4) is 0 Å². The second-order valence-electron chi connectivity index (χ2n) is 4.77. The van der Waals surface area contributed by atoms with Gasteiger partial charge in [-0.05, 0) is 61.2 Å². The Balaban J connectivity index is 1.96. The van der Waals surface area contributed by atoms with Gasteiger partial charge in [-0.25, -0.2) is 0 Å². The van der Waals surface area contributed by atoms with Gasteiger partial charge in [0.25, 0.3) is 0 Å². The van der Waals surface area contributed by atoms with Crippen molar-refractivity contribution >= 4 is 15.9 Å². The van der Waals surface area contributed by atoms with Gasteiger partial charge in [-0.2, -0.15) is 0 Å². The summed E-state index contributed by atoms with van der Waals surface area (Å²) in [6.07, 6.45) is 1.71. The average molecular weight is 327 g/mol. The Labute approximate surface area is 121 Å². The summed E-state index contributed by atoms with van der Waals surface area (Å²) in [5.41, 5.74) is 0. The van der Waals surface area contributed by atoms with Gasteiger partial charge in [-0.3, -0.25) is 4.90 Å². The van der Waals surface area contributed by atoms with E-state index in [1.165, 1.54) is 0 Å². The number of furan rings is 2. The van der Waals surface area contributed by atoms with Crippen molar-refractivity contribution in [3.8, 4) is 0 Å². The van der Waals surface area contributed by atoms with E-state index >= 15 is 0 Å². The first-order chi connectivity index (χ1) is 9.08. The van der Waals surface area contributed by atoms with Crippen molar-refractivity contribution in [3.05, 3.63) is 46.7 Å². The first-order valence-electron chi connectivity index (χ1n) is 6.26. The third-order valence-corrected chi connectivity index (χ3v) is 3.56. The highest BCUT2D eigenvalue weighted by Gasteiger charge is 2.18. The van der Waals surface area contributed by atoms with Crippen molar-refractivity contribution in [1.82, 2.24) is 10.2 Å². The fourth-order valence-electron chi connectivity index (χ4n) is 1.97. The molecular formula is C14H19BrN2O2. The molecule has 0 aliphatic rings. The van der Waals surface area contributed by atoms with Gasteiger partial charge in [0, 0.05) is 6.54 Å². The second kappa shape index (κ2) is 6.41. The minimum atomic E-state index is 0.156. The molecule has 0 bridgehead atoms. The maximum atomic E-state index is 5.55. The number of likely N-dealkylation sites (N-methyl/N-ethyl adjacent to an activating group) is 1. The number of nitrogens with one attached hydrogen (secondary N) is 1. The molecule has 2 rings (SSSR count). The maximum absolute atomic E-state index is 5.55. The molecule has 4 nitrogen and oxygen atoms in total. The Morgan fingerprint density at radius 2 is 2.05 bits per heavy atom. The van der Waals surface area contributed by atoms with Crippen LogP contribution in [0.1, 0.15) is 30.5 Å². The van der Waals surface area contributed by atoms with E-state index in [1.807, 2.05) is 38.4 Å². The topological polar surface area (TPSA) is 41.6 Å². The molecule has 0 spiro atoms. The van der Waals surface area contributed by atoms with E-state index in [0.29, 0.717) is 0 Å². The second-order valence-corrected chi connectivity index (χ2v) is 5.55. The van der Waals surface area contributed by atoms with Crippen molar-refractivity contribution in [1.29, 1.82) is 0 Å². The Bertz CT molecular complexity index is 493. The molecule has 0 saturated heterocycles. The van der Waals surface area contributed by atoms with Gasteiger partial charge in [0.2, 0.25) is 0 Å². The van der Waals surface area contributed by atoms with Crippen LogP contribution in [-0.2, 0) is 0 Å². The lowest BCUT2D eigenvalue weighted by Gasteiger charge is -2.24. The molecule has 2 heterocycles. The molecular weight excluding hydrogens is 308 g/mol. The van der Waals surface area contributed by atoms with Gasteiger partial charge < -0.3 is 14.2 Å². The maximum Gasteiger partial charge on any atom is 0.169 e. The van der Waals surface area contributed by atoms with E-state index in [-0.39, 0.29) is 12.1 Å². The predicted octanol–water partition coefficient (Wildman–Crippen LogP) is 3.59. The fourth-order valence-corrected chi connectivity index (χ4v) is 2.29. The van der Waals surface area contributed by atoms with Crippen LogP contribution in [0.2, 0.25) is 0 Å². The zero-order valence-electron chi connectivity index (χ0n) is 11.4. The quantitative estimate of drug-likeness (QED) is 0.880. The van der Waals surface area contributed by atoms with Gasteiger partial charge in [-0.1, -0.05) is 0 Å². The zero-order valence-corrected chi connectivity index (χ0v) is 13.0. The van der Waals surface area contributed by atoms with Crippen molar-refractivity contribution in [3.63, 3.8) is 0 Å². The van der Waals surface area contributed by atoms with Crippen LogP contribution in [-0.4, -0.2) is 25.5 Å². The third-order valence-electron chi connectivity index (χ3n) is 3.13. The molecule has 0 fully saturated rings. The van der Waals surface area contributed by atoms with Crippen molar-refractivity contribution < 1.29 is 8.83 Å². The molecule has 19 heavy (non-hydrogen) atoms. The van der Waals surface area contributed by atoms with Gasteiger partial charge in [0.1, 0.15) is 11.5 Å². The number of halogens is 1. The van der Waals surface area contributed by atoms with Crippen LogP contribution >= 0.6 is 15.9 Å². The van der Waals surface area contributed by atoms with Crippen molar-refractivity contribution in [2.75, 3.05) is 20.6 Å². The molecule has 0 saturated carbocycles. The summed E-state index contributed by atoms with van der Waals surface area (Å²) in [6, 6.07) is 8.15. The van der Waals surface area contributed by atoms with E-state index in [4.69, 9.17) is 8.83 Å². The summed E-state index contributed by atoms with van der Waals surface area (Å²) in [6.45, 7) is 2.88. The number of rotatable bonds is 6. The summed E-state index contributed by atoms with van der Waals surface area (Å²) in [5.74, 6) is 1.88. The lowest BCUT2D eigenvalue weighted by molar-refractivity contribution is 0.241. The number of hydrogen-bond acceptors (Lipinski definition) is 4. The van der Waals surface area contributed by atoms with Crippen LogP contribution in [0.25, 0.3) is 0 Å². The van der Waals surface area contributed by atoms with E-state index in [1.54, 1.807) is 6.26 Å². The Morgan fingerprint density at radius 3 is 2.58 bits per heavy atom. The molecule has 0 amide bonds. The molecule has 2 unspecified atom stereocenters. The largest absolute Gasteiger partial charge is 0.468 e. The highest BCUT2D eigenvalue weighted by molar-refractivity contribution is 9.10. The molecule has 104 valence electrons. The van der Waals surface area contributed by atoms with Crippen molar-refractivity contribution in [2.45, 2.75) is 19.0 Å². The molecule has 2 aromatic rings. The molecule has 5 heteroatoms. The smallest absolute Gasteiger partial charge is 0.169 e. The summed E-state index contributed by atoms with van der Waals surface area (Å²) in [7, 11) is 4.09. The van der Waals surface area contributed by atoms with Crippen molar-refractivity contribution in [2.24, 2.45) is 0 Å². The summed E-state index contributed by atoms with van der Waals surface area (Å²) < 4.78 is 11.8.